The van der Waals surface area contributed by atoms with Gasteiger partial charge in [0.2, 0.25) is 10.0 Å². The van der Waals surface area contributed by atoms with Crippen molar-refractivity contribution in [2.45, 2.75) is 18.4 Å². The molecule has 5 heteroatoms. The van der Waals surface area contributed by atoms with E-state index in [0.29, 0.717) is 19.6 Å². The van der Waals surface area contributed by atoms with E-state index in [4.69, 9.17) is 0 Å². The van der Waals surface area contributed by atoms with Crippen LogP contribution in [0.5, 0.6) is 0 Å². The third-order valence-corrected chi connectivity index (χ3v) is 5.83. The lowest BCUT2D eigenvalue weighted by Crippen LogP contribution is -2.63. The molecule has 1 aliphatic heterocycles. The van der Waals surface area contributed by atoms with Gasteiger partial charge in [-0.05, 0) is 24.0 Å². The second kappa shape index (κ2) is 7.05. The van der Waals surface area contributed by atoms with Gasteiger partial charge < -0.3 is 5.32 Å². The Balaban J connectivity index is 1.91. The molecule has 0 bridgehead atoms. The van der Waals surface area contributed by atoms with Crippen molar-refractivity contribution in [3.63, 3.8) is 0 Å². The highest BCUT2D eigenvalue weighted by atomic mass is 32.2. The molecule has 0 saturated carbocycles. The number of piperazine rings is 1. The molecule has 0 spiro atoms. The number of nitrogens with one attached hydrogen (secondary N) is 1. The zero-order valence-electron chi connectivity index (χ0n) is 14.0. The summed E-state index contributed by atoms with van der Waals surface area (Å²) in [4.78, 5) is 0. The molecule has 1 heterocycles. The van der Waals surface area contributed by atoms with E-state index < -0.39 is 10.0 Å². The highest BCUT2D eigenvalue weighted by molar-refractivity contribution is 7.88. The third-order valence-electron chi connectivity index (χ3n) is 4.58. The predicted molar refractivity (Wildman–Crippen MR) is 97.4 cm³/mol. The van der Waals surface area contributed by atoms with E-state index in [1.54, 1.807) is 4.31 Å². The van der Waals surface area contributed by atoms with Crippen LogP contribution >= 0.6 is 0 Å². The molecule has 0 atom stereocenters. The fourth-order valence-electron chi connectivity index (χ4n) is 3.47. The van der Waals surface area contributed by atoms with Crippen LogP contribution in [-0.2, 0) is 22.9 Å². The average molecular weight is 344 g/mol. The Labute approximate surface area is 144 Å². The van der Waals surface area contributed by atoms with E-state index in [1.165, 1.54) is 17.4 Å². The second-order valence-corrected chi connectivity index (χ2v) is 8.61. The van der Waals surface area contributed by atoms with Crippen LogP contribution in [0.15, 0.2) is 60.7 Å². The normalized spacial score (nSPS) is 18.4. The van der Waals surface area contributed by atoms with Crippen LogP contribution in [0.2, 0.25) is 0 Å². The first-order valence-corrected chi connectivity index (χ1v) is 10.1. The number of nitrogens with zero attached hydrogens (tertiary/aromatic N) is 1. The van der Waals surface area contributed by atoms with Gasteiger partial charge in [-0.15, -0.1) is 0 Å². The van der Waals surface area contributed by atoms with Gasteiger partial charge in [0, 0.05) is 25.2 Å². The van der Waals surface area contributed by atoms with Crippen LogP contribution in [0.3, 0.4) is 0 Å². The fraction of sp³-hybridized carbons (Fsp3) is 0.368. The molecule has 1 saturated heterocycles. The number of rotatable bonds is 5. The molecular weight excluding hydrogens is 320 g/mol. The first-order valence-electron chi connectivity index (χ1n) is 8.25. The Kier molecular flexibility index (Phi) is 5.04. The summed E-state index contributed by atoms with van der Waals surface area (Å²) < 4.78 is 25.8. The molecule has 128 valence electrons. The molecule has 1 aliphatic rings. The van der Waals surface area contributed by atoms with Gasteiger partial charge in [0.1, 0.15) is 0 Å². The SMILES string of the molecule is CS(=O)(=O)N1CCNC(Cc2ccccc2)(Cc2ccccc2)C1. The van der Waals surface area contributed by atoms with Gasteiger partial charge in [-0.25, -0.2) is 8.42 Å². The first-order chi connectivity index (χ1) is 11.5. The van der Waals surface area contributed by atoms with Gasteiger partial charge in [-0.1, -0.05) is 60.7 Å². The van der Waals surface area contributed by atoms with Crippen molar-refractivity contribution in [3.8, 4) is 0 Å². The van der Waals surface area contributed by atoms with Crippen molar-refractivity contribution in [1.29, 1.82) is 0 Å². The summed E-state index contributed by atoms with van der Waals surface area (Å²) in [5.41, 5.74) is 2.15. The number of sulfonamides is 1. The van der Waals surface area contributed by atoms with Crippen LogP contribution in [0.4, 0.5) is 0 Å². The van der Waals surface area contributed by atoms with Gasteiger partial charge in [0.15, 0.2) is 0 Å². The predicted octanol–water partition coefficient (Wildman–Crippen LogP) is 2.08. The standard InChI is InChI=1S/C19H24N2O2S/c1-24(22,23)21-13-12-20-19(16-21,14-17-8-4-2-5-9-17)15-18-10-6-3-7-11-18/h2-11,20H,12-16H2,1H3. The van der Waals surface area contributed by atoms with Gasteiger partial charge in [-0.3, -0.25) is 0 Å². The lowest BCUT2D eigenvalue weighted by Gasteiger charge is -2.43. The zero-order chi connectivity index (χ0) is 17.0. The topological polar surface area (TPSA) is 49.4 Å². The summed E-state index contributed by atoms with van der Waals surface area (Å²) >= 11 is 0. The van der Waals surface area contributed by atoms with Crippen molar-refractivity contribution < 1.29 is 8.42 Å². The van der Waals surface area contributed by atoms with E-state index >= 15 is 0 Å². The third kappa shape index (κ3) is 4.23. The minimum Gasteiger partial charge on any atom is -0.308 e. The van der Waals surface area contributed by atoms with Crippen LogP contribution in [0.1, 0.15) is 11.1 Å². The Morgan fingerprint density at radius 1 is 0.958 bits per heavy atom. The van der Waals surface area contributed by atoms with E-state index in [0.717, 1.165) is 12.8 Å². The van der Waals surface area contributed by atoms with Gasteiger partial charge in [0.05, 0.1) is 6.26 Å². The Morgan fingerprint density at radius 3 is 1.92 bits per heavy atom. The zero-order valence-corrected chi connectivity index (χ0v) is 14.8. The quantitative estimate of drug-likeness (QED) is 0.903. The highest BCUT2D eigenvalue weighted by Gasteiger charge is 2.38. The molecule has 2 aromatic carbocycles. The molecule has 1 fully saturated rings. The largest absolute Gasteiger partial charge is 0.308 e. The Bertz CT molecular complexity index is 719. The Morgan fingerprint density at radius 2 is 1.46 bits per heavy atom. The molecule has 24 heavy (non-hydrogen) atoms. The van der Waals surface area contributed by atoms with E-state index in [2.05, 4.69) is 29.6 Å². The van der Waals surface area contributed by atoms with Gasteiger partial charge in [0.25, 0.3) is 0 Å². The van der Waals surface area contributed by atoms with Crippen molar-refractivity contribution in [3.05, 3.63) is 71.8 Å². The average Bonchev–Trinajstić information content (AvgIpc) is 2.56. The minimum atomic E-state index is -3.19. The summed E-state index contributed by atoms with van der Waals surface area (Å²) in [5, 5.41) is 3.63. The molecule has 1 N–H and O–H groups in total. The smallest absolute Gasteiger partial charge is 0.211 e. The molecule has 0 aromatic heterocycles. The molecular formula is C19H24N2O2S. The number of hydrogen-bond acceptors (Lipinski definition) is 3. The second-order valence-electron chi connectivity index (χ2n) is 6.63. The maximum Gasteiger partial charge on any atom is 0.211 e. The van der Waals surface area contributed by atoms with Crippen molar-refractivity contribution in [2.24, 2.45) is 0 Å². The molecule has 2 aromatic rings. The fourth-order valence-corrected chi connectivity index (χ4v) is 4.38. The van der Waals surface area contributed by atoms with E-state index in [9.17, 15) is 8.42 Å². The summed E-state index contributed by atoms with van der Waals surface area (Å²) in [5.74, 6) is 0. The van der Waals surface area contributed by atoms with E-state index in [-0.39, 0.29) is 5.54 Å². The monoisotopic (exact) mass is 344 g/mol. The summed E-state index contributed by atoms with van der Waals surface area (Å²) in [6.45, 7) is 1.70. The van der Waals surface area contributed by atoms with Crippen molar-refractivity contribution >= 4 is 10.0 Å². The number of hydrogen-bond donors (Lipinski definition) is 1. The number of benzene rings is 2. The first kappa shape index (κ1) is 17.1. The summed E-state index contributed by atoms with van der Waals surface area (Å²) in [6.07, 6.45) is 2.90. The van der Waals surface area contributed by atoms with Crippen molar-refractivity contribution in [1.82, 2.24) is 9.62 Å². The van der Waals surface area contributed by atoms with Crippen LogP contribution < -0.4 is 5.32 Å². The van der Waals surface area contributed by atoms with Crippen molar-refractivity contribution in [2.75, 3.05) is 25.9 Å². The molecule has 4 nitrogen and oxygen atoms in total. The van der Waals surface area contributed by atoms with Crippen LogP contribution in [0, 0.1) is 0 Å². The minimum absolute atomic E-state index is 0.288. The molecule has 0 aliphatic carbocycles. The molecule has 0 unspecified atom stereocenters. The molecule has 3 rings (SSSR count). The lowest BCUT2D eigenvalue weighted by atomic mass is 9.83. The lowest BCUT2D eigenvalue weighted by molar-refractivity contribution is 0.197. The maximum absolute atomic E-state index is 12.1. The Hall–Kier alpha value is -1.69. The molecule has 0 amide bonds. The van der Waals surface area contributed by atoms with Gasteiger partial charge >= 0.3 is 0 Å². The van der Waals surface area contributed by atoms with Gasteiger partial charge in [-0.2, -0.15) is 4.31 Å². The van der Waals surface area contributed by atoms with E-state index in [1.807, 2.05) is 36.4 Å². The summed E-state index contributed by atoms with van der Waals surface area (Å²) in [7, 11) is -3.19. The maximum atomic E-state index is 12.1. The van der Waals surface area contributed by atoms with Crippen LogP contribution in [0.25, 0.3) is 0 Å². The van der Waals surface area contributed by atoms with Crippen LogP contribution in [-0.4, -0.2) is 44.2 Å². The molecule has 0 radical (unpaired) electrons. The highest BCUT2D eigenvalue weighted by Crippen LogP contribution is 2.24. The summed E-state index contributed by atoms with van der Waals surface area (Å²) in [6, 6.07) is 20.6.